The van der Waals surface area contributed by atoms with E-state index in [1.807, 2.05) is 25.1 Å². The van der Waals surface area contributed by atoms with Gasteiger partial charge in [0.05, 0.1) is 6.04 Å². The molecule has 1 fully saturated rings. The monoisotopic (exact) mass is 415 g/mol. The van der Waals surface area contributed by atoms with E-state index in [9.17, 15) is 19.2 Å². The summed E-state index contributed by atoms with van der Waals surface area (Å²) in [6.45, 7) is 2.70. The minimum atomic E-state index is -1.00. The van der Waals surface area contributed by atoms with Gasteiger partial charge in [-0.05, 0) is 43.7 Å². The van der Waals surface area contributed by atoms with E-state index in [1.54, 1.807) is 6.92 Å². The van der Waals surface area contributed by atoms with Crippen LogP contribution >= 0.6 is 0 Å². The molecule has 0 aromatic heterocycles. The highest BCUT2D eigenvalue weighted by molar-refractivity contribution is 6.08. The molecule has 1 aromatic carbocycles. The van der Waals surface area contributed by atoms with Crippen molar-refractivity contribution in [3.8, 4) is 0 Å². The topological polar surface area (TPSA) is 105 Å². The lowest BCUT2D eigenvalue weighted by molar-refractivity contribution is -0.151. The highest BCUT2D eigenvalue weighted by atomic mass is 16.5. The Kier molecular flexibility index (Phi) is 6.74. The molecule has 2 aliphatic rings. The number of hydrogen-bond acceptors (Lipinski definition) is 5. The van der Waals surface area contributed by atoms with Crippen molar-refractivity contribution in [1.29, 1.82) is 0 Å². The summed E-state index contributed by atoms with van der Waals surface area (Å²) in [6.07, 6.45) is 4.97. The summed E-state index contributed by atoms with van der Waals surface area (Å²) < 4.78 is 5.02. The Hall–Kier alpha value is -2.90. The maximum Gasteiger partial charge on any atom is 0.326 e. The van der Waals surface area contributed by atoms with Gasteiger partial charge in [0.1, 0.15) is 12.1 Å². The number of carbonyl (C=O) groups is 4. The number of benzene rings is 1. The molecule has 1 aliphatic heterocycles. The second kappa shape index (κ2) is 9.28. The number of ether oxygens (including phenoxy) is 1. The molecule has 1 saturated heterocycles. The van der Waals surface area contributed by atoms with Crippen LogP contribution in [0.25, 0.3) is 0 Å². The molecule has 0 radical (unpaired) electrons. The first kappa shape index (κ1) is 21.8. The molecule has 0 spiro atoms. The van der Waals surface area contributed by atoms with Gasteiger partial charge >= 0.3 is 12.0 Å². The molecule has 4 amide bonds. The van der Waals surface area contributed by atoms with Crippen molar-refractivity contribution in [2.24, 2.45) is 0 Å². The number of imide groups is 1. The second-order valence-electron chi connectivity index (χ2n) is 8.13. The predicted molar refractivity (Wildman–Crippen MR) is 109 cm³/mol. The Balaban J connectivity index is 1.49. The van der Waals surface area contributed by atoms with Gasteiger partial charge in [0, 0.05) is 0 Å². The Labute approximate surface area is 176 Å². The van der Waals surface area contributed by atoms with Crippen LogP contribution in [0.3, 0.4) is 0 Å². The first-order valence-corrected chi connectivity index (χ1v) is 10.5. The summed E-state index contributed by atoms with van der Waals surface area (Å²) in [5.74, 6) is -1.64. The van der Waals surface area contributed by atoms with Gasteiger partial charge in [-0.1, -0.05) is 44.0 Å². The second-order valence-corrected chi connectivity index (χ2v) is 8.13. The van der Waals surface area contributed by atoms with E-state index in [4.69, 9.17) is 4.74 Å². The number of urea groups is 1. The molecule has 0 saturated carbocycles. The minimum Gasteiger partial charge on any atom is -0.454 e. The third kappa shape index (κ3) is 4.80. The summed E-state index contributed by atoms with van der Waals surface area (Å²) in [4.78, 5) is 49.9. The van der Waals surface area contributed by atoms with E-state index in [0.717, 1.165) is 42.6 Å². The molecule has 1 heterocycles. The zero-order valence-electron chi connectivity index (χ0n) is 17.5. The van der Waals surface area contributed by atoms with Crippen molar-refractivity contribution in [1.82, 2.24) is 15.5 Å². The molecule has 1 aromatic rings. The van der Waals surface area contributed by atoms with E-state index in [0.29, 0.717) is 6.42 Å². The van der Waals surface area contributed by atoms with Crippen molar-refractivity contribution >= 4 is 23.8 Å². The number of amides is 4. The standard InChI is InChI=1S/C22H29N3O5/c1-3-4-12-22(2)20(28)25(21(29)24-22)13-19(27)30-14-18(26)23-17-11-7-9-15-8-5-6-10-16(15)17/h5-6,8,10,17H,3-4,7,9,11-14H2,1-2H3,(H,23,26)(H,24,29)/t17-,22-/m0/s1. The van der Waals surface area contributed by atoms with Gasteiger partial charge in [-0.2, -0.15) is 0 Å². The molecule has 0 bridgehead atoms. The molecular weight excluding hydrogens is 386 g/mol. The molecule has 0 unspecified atom stereocenters. The fourth-order valence-electron chi connectivity index (χ4n) is 4.05. The van der Waals surface area contributed by atoms with Crippen LogP contribution < -0.4 is 10.6 Å². The van der Waals surface area contributed by atoms with E-state index >= 15 is 0 Å². The average molecular weight is 415 g/mol. The van der Waals surface area contributed by atoms with Gasteiger partial charge in [-0.3, -0.25) is 19.3 Å². The molecule has 2 N–H and O–H groups in total. The lowest BCUT2D eigenvalue weighted by Crippen LogP contribution is -2.44. The van der Waals surface area contributed by atoms with Crippen LogP contribution in [0, 0.1) is 0 Å². The lowest BCUT2D eigenvalue weighted by atomic mass is 9.88. The minimum absolute atomic E-state index is 0.105. The van der Waals surface area contributed by atoms with Gasteiger partial charge in [-0.15, -0.1) is 0 Å². The Morgan fingerprint density at radius 3 is 2.83 bits per heavy atom. The maximum absolute atomic E-state index is 12.6. The summed E-state index contributed by atoms with van der Waals surface area (Å²) in [5.41, 5.74) is 1.31. The largest absolute Gasteiger partial charge is 0.454 e. The number of aryl methyl sites for hydroxylation is 1. The van der Waals surface area contributed by atoms with Crippen molar-refractivity contribution in [3.63, 3.8) is 0 Å². The SMILES string of the molecule is CCCC[C@]1(C)NC(=O)N(CC(=O)OCC(=O)N[C@H]2CCCc3ccccc32)C1=O. The molecule has 2 atom stereocenters. The molecular formula is C22H29N3O5. The number of fused-ring (bicyclic) bond motifs is 1. The third-order valence-corrected chi connectivity index (χ3v) is 5.73. The van der Waals surface area contributed by atoms with Crippen molar-refractivity contribution < 1.29 is 23.9 Å². The zero-order valence-corrected chi connectivity index (χ0v) is 17.5. The van der Waals surface area contributed by atoms with Crippen LogP contribution in [0.15, 0.2) is 24.3 Å². The van der Waals surface area contributed by atoms with Crippen LogP contribution in [0.1, 0.15) is 63.1 Å². The predicted octanol–water partition coefficient (Wildman–Crippen LogP) is 2.22. The van der Waals surface area contributed by atoms with Crippen LogP contribution in [0.2, 0.25) is 0 Å². The molecule has 1 aliphatic carbocycles. The number of carbonyl (C=O) groups excluding carboxylic acids is 4. The van der Waals surface area contributed by atoms with E-state index in [1.165, 1.54) is 5.56 Å². The summed E-state index contributed by atoms with van der Waals surface area (Å²) in [7, 11) is 0. The highest BCUT2D eigenvalue weighted by Crippen LogP contribution is 2.29. The van der Waals surface area contributed by atoms with Crippen LogP contribution in [0.5, 0.6) is 0 Å². The first-order valence-electron chi connectivity index (χ1n) is 10.5. The summed E-state index contributed by atoms with van der Waals surface area (Å²) >= 11 is 0. The Morgan fingerprint density at radius 1 is 1.30 bits per heavy atom. The van der Waals surface area contributed by atoms with Crippen molar-refractivity contribution in [2.75, 3.05) is 13.2 Å². The average Bonchev–Trinajstić information content (AvgIpc) is 2.94. The maximum atomic E-state index is 12.6. The Morgan fingerprint density at radius 2 is 2.07 bits per heavy atom. The van der Waals surface area contributed by atoms with E-state index in [2.05, 4.69) is 16.7 Å². The summed E-state index contributed by atoms with van der Waals surface area (Å²) in [5, 5.41) is 5.55. The van der Waals surface area contributed by atoms with Gasteiger partial charge in [0.25, 0.3) is 11.8 Å². The van der Waals surface area contributed by atoms with Crippen LogP contribution in [-0.2, 0) is 25.5 Å². The number of hydrogen-bond donors (Lipinski definition) is 2. The lowest BCUT2D eigenvalue weighted by Gasteiger charge is -2.26. The molecule has 162 valence electrons. The number of rotatable bonds is 8. The van der Waals surface area contributed by atoms with Gasteiger partial charge in [0.2, 0.25) is 0 Å². The highest BCUT2D eigenvalue weighted by Gasteiger charge is 2.47. The number of unbranched alkanes of at least 4 members (excludes halogenated alkanes) is 1. The van der Waals surface area contributed by atoms with Crippen LogP contribution in [0.4, 0.5) is 4.79 Å². The smallest absolute Gasteiger partial charge is 0.326 e. The van der Waals surface area contributed by atoms with E-state index in [-0.39, 0.29) is 6.04 Å². The number of nitrogens with one attached hydrogen (secondary N) is 2. The first-order chi connectivity index (χ1) is 14.3. The van der Waals surface area contributed by atoms with Gasteiger partial charge < -0.3 is 15.4 Å². The molecule has 3 rings (SSSR count). The van der Waals surface area contributed by atoms with Crippen LogP contribution in [-0.4, -0.2) is 47.4 Å². The zero-order chi connectivity index (χ0) is 21.7. The normalized spacial score (nSPS) is 23.0. The number of esters is 1. The van der Waals surface area contributed by atoms with E-state index < -0.39 is 42.5 Å². The molecule has 8 nitrogen and oxygen atoms in total. The van der Waals surface area contributed by atoms with Gasteiger partial charge in [0.15, 0.2) is 6.61 Å². The van der Waals surface area contributed by atoms with Crippen molar-refractivity contribution in [3.05, 3.63) is 35.4 Å². The Bertz CT molecular complexity index is 840. The third-order valence-electron chi connectivity index (χ3n) is 5.73. The fraction of sp³-hybridized carbons (Fsp3) is 0.545. The molecule has 8 heteroatoms. The quantitative estimate of drug-likeness (QED) is 0.500. The van der Waals surface area contributed by atoms with Crippen molar-refractivity contribution in [2.45, 2.75) is 64.0 Å². The summed E-state index contributed by atoms with van der Waals surface area (Å²) in [6, 6.07) is 7.26. The molecule has 30 heavy (non-hydrogen) atoms. The fourth-order valence-corrected chi connectivity index (χ4v) is 4.05. The van der Waals surface area contributed by atoms with Gasteiger partial charge in [-0.25, -0.2) is 4.79 Å². The number of nitrogens with zero attached hydrogens (tertiary/aromatic N) is 1.